The van der Waals surface area contributed by atoms with Crippen LogP contribution in [-0.4, -0.2) is 49.9 Å². The second-order valence-electron chi connectivity index (χ2n) is 6.42. The molecule has 0 radical (unpaired) electrons. The third-order valence-corrected chi connectivity index (χ3v) is 5.35. The Hall–Kier alpha value is -2.16. The summed E-state index contributed by atoms with van der Waals surface area (Å²) in [5.74, 6) is 1.30. The Kier molecular flexibility index (Phi) is 4.82. The first-order chi connectivity index (χ1) is 12.3. The minimum absolute atomic E-state index is 0.0186. The SMILES string of the molecule is O=C(CSc1nnnn1C1CC1)NCc1ccnc(N2CCCC2)c1. The standard InChI is InChI=1S/C16H21N7OS/c24-15(11-25-16-19-20-21-23(16)13-3-4-13)18-10-12-5-6-17-14(9-12)22-7-1-2-8-22/h5-6,9,13H,1-4,7-8,10-11H2,(H,18,24). The van der Waals surface area contributed by atoms with E-state index in [4.69, 9.17) is 0 Å². The van der Waals surface area contributed by atoms with Crippen LogP contribution in [0.15, 0.2) is 23.5 Å². The maximum absolute atomic E-state index is 12.1. The number of amides is 1. The van der Waals surface area contributed by atoms with E-state index >= 15 is 0 Å². The molecule has 0 spiro atoms. The Morgan fingerprint density at radius 1 is 1.32 bits per heavy atom. The second kappa shape index (κ2) is 7.38. The molecule has 4 rings (SSSR count). The number of hydrogen-bond donors (Lipinski definition) is 1. The zero-order valence-electron chi connectivity index (χ0n) is 14.0. The molecule has 9 heteroatoms. The molecule has 1 amide bonds. The van der Waals surface area contributed by atoms with Gasteiger partial charge in [-0.3, -0.25) is 4.79 Å². The smallest absolute Gasteiger partial charge is 0.230 e. The molecular weight excluding hydrogens is 338 g/mol. The summed E-state index contributed by atoms with van der Waals surface area (Å²) in [6, 6.07) is 4.42. The highest BCUT2D eigenvalue weighted by molar-refractivity contribution is 7.99. The summed E-state index contributed by atoms with van der Waals surface area (Å²) in [6.45, 7) is 2.64. The number of aromatic nitrogens is 5. The lowest BCUT2D eigenvalue weighted by atomic mass is 10.2. The van der Waals surface area contributed by atoms with Crippen molar-refractivity contribution in [3.63, 3.8) is 0 Å². The Morgan fingerprint density at radius 3 is 2.96 bits per heavy atom. The Bertz CT molecular complexity index is 740. The summed E-state index contributed by atoms with van der Waals surface area (Å²) in [6.07, 6.45) is 6.49. The molecule has 2 aliphatic rings. The van der Waals surface area contributed by atoms with E-state index in [0.717, 1.165) is 42.5 Å². The predicted octanol–water partition coefficient (Wildman–Crippen LogP) is 1.41. The van der Waals surface area contributed by atoms with Gasteiger partial charge in [-0.2, -0.15) is 0 Å². The molecule has 1 N–H and O–H groups in total. The molecule has 8 nitrogen and oxygen atoms in total. The number of hydrogen-bond acceptors (Lipinski definition) is 7. The van der Waals surface area contributed by atoms with Crippen LogP contribution < -0.4 is 10.2 Å². The zero-order valence-corrected chi connectivity index (χ0v) is 14.8. The number of nitrogens with one attached hydrogen (secondary N) is 1. The minimum atomic E-state index is -0.0186. The van der Waals surface area contributed by atoms with Crippen LogP contribution in [0.2, 0.25) is 0 Å². The van der Waals surface area contributed by atoms with Gasteiger partial charge in [0.25, 0.3) is 0 Å². The van der Waals surface area contributed by atoms with Crippen LogP contribution in [0, 0.1) is 0 Å². The number of pyridine rings is 1. The van der Waals surface area contributed by atoms with Crippen molar-refractivity contribution in [3.8, 4) is 0 Å². The molecular formula is C16H21N7OS. The van der Waals surface area contributed by atoms with Crippen LogP contribution in [0.25, 0.3) is 0 Å². The number of rotatable bonds is 7. The van der Waals surface area contributed by atoms with Crippen molar-refractivity contribution in [1.29, 1.82) is 0 Å². The predicted molar refractivity (Wildman–Crippen MR) is 94.3 cm³/mol. The van der Waals surface area contributed by atoms with E-state index in [1.165, 1.54) is 24.6 Å². The number of tetrazole rings is 1. The largest absolute Gasteiger partial charge is 0.357 e. The van der Waals surface area contributed by atoms with E-state index < -0.39 is 0 Å². The Balaban J connectivity index is 1.27. The van der Waals surface area contributed by atoms with E-state index in [2.05, 4.69) is 36.8 Å². The van der Waals surface area contributed by atoms with E-state index in [9.17, 15) is 4.79 Å². The highest BCUT2D eigenvalue weighted by atomic mass is 32.2. The number of anilines is 1. The van der Waals surface area contributed by atoms with Crippen LogP contribution >= 0.6 is 11.8 Å². The van der Waals surface area contributed by atoms with Crippen molar-refractivity contribution in [2.24, 2.45) is 0 Å². The molecule has 2 aromatic rings. The van der Waals surface area contributed by atoms with Crippen molar-refractivity contribution in [1.82, 2.24) is 30.5 Å². The number of carbonyl (C=O) groups excluding carboxylic acids is 1. The summed E-state index contributed by atoms with van der Waals surface area (Å²) in [5, 5.41) is 15.4. The van der Waals surface area contributed by atoms with Gasteiger partial charge in [-0.05, 0) is 53.8 Å². The maximum Gasteiger partial charge on any atom is 0.230 e. The molecule has 0 bridgehead atoms. The van der Waals surface area contributed by atoms with Gasteiger partial charge < -0.3 is 10.2 Å². The zero-order chi connectivity index (χ0) is 17.1. The average Bonchev–Trinajstić information content (AvgIpc) is 3.13. The molecule has 1 saturated heterocycles. The molecule has 132 valence electrons. The summed E-state index contributed by atoms with van der Waals surface area (Å²) >= 11 is 1.38. The van der Waals surface area contributed by atoms with Gasteiger partial charge in [0.2, 0.25) is 11.1 Å². The van der Waals surface area contributed by atoms with Gasteiger partial charge in [-0.15, -0.1) is 5.10 Å². The quantitative estimate of drug-likeness (QED) is 0.748. The first kappa shape index (κ1) is 16.3. The number of thioether (sulfide) groups is 1. The van der Waals surface area contributed by atoms with Crippen LogP contribution in [0.5, 0.6) is 0 Å². The minimum Gasteiger partial charge on any atom is -0.357 e. The number of carbonyl (C=O) groups is 1. The summed E-state index contributed by atoms with van der Waals surface area (Å²) in [5.41, 5.74) is 1.07. The van der Waals surface area contributed by atoms with E-state index in [1.807, 2.05) is 16.9 Å². The maximum atomic E-state index is 12.1. The van der Waals surface area contributed by atoms with Crippen LogP contribution in [0.1, 0.15) is 37.3 Å². The van der Waals surface area contributed by atoms with E-state index in [0.29, 0.717) is 18.3 Å². The third kappa shape index (κ3) is 4.09. The second-order valence-corrected chi connectivity index (χ2v) is 7.36. The fourth-order valence-corrected chi connectivity index (χ4v) is 3.67. The molecule has 1 aliphatic heterocycles. The van der Waals surface area contributed by atoms with Crippen molar-refractivity contribution in [2.45, 2.75) is 43.4 Å². The molecule has 2 fully saturated rings. The van der Waals surface area contributed by atoms with Gasteiger partial charge >= 0.3 is 0 Å². The Labute approximate surface area is 150 Å². The van der Waals surface area contributed by atoms with Crippen molar-refractivity contribution in [3.05, 3.63) is 23.9 Å². The van der Waals surface area contributed by atoms with Gasteiger partial charge in [0.05, 0.1) is 11.8 Å². The van der Waals surface area contributed by atoms with Gasteiger partial charge in [0.1, 0.15) is 5.82 Å². The van der Waals surface area contributed by atoms with Crippen LogP contribution in [-0.2, 0) is 11.3 Å². The summed E-state index contributed by atoms with van der Waals surface area (Å²) in [4.78, 5) is 18.8. The van der Waals surface area contributed by atoms with Gasteiger partial charge in [-0.1, -0.05) is 11.8 Å². The van der Waals surface area contributed by atoms with Crippen LogP contribution in [0.4, 0.5) is 5.82 Å². The molecule has 0 unspecified atom stereocenters. The lowest BCUT2D eigenvalue weighted by Gasteiger charge is -2.17. The average molecular weight is 359 g/mol. The van der Waals surface area contributed by atoms with E-state index in [1.54, 1.807) is 0 Å². The fraction of sp³-hybridized carbons (Fsp3) is 0.562. The molecule has 1 saturated carbocycles. The van der Waals surface area contributed by atoms with E-state index in [-0.39, 0.29) is 5.91 Å². The normalized spacial score (nSPS) is 17.0. The van der Waals surface area contributed by atoms with Crippen LogP contribution in [0.3, 0.4) is 0 Å². The third-order valence-electron chi connectivity index (χ3n) is 4.42. The molecule has 0 aromatic carbocycles. The Morgan fingerprint density at radius 2 is 2.16 bits per heavy atom. The molecule has 3 heterocycles. The van der Waals surface area contributed by atoms with Gasteiger partial charge in [0, 0.05) is 25.8 Å². The highest BCUT2D eigenvalue weighted by Crippen LogP contribution is 2.36. The van der Waals surface area contributed by atoms with Gasteiger partial charge in [-0.25, -0.2) is 9.67 Å². The molecule has 1 aliphatic carbocycles. The van der Waals surface area contributed by atoms with Crippen molar-refractivity contribution in [2.75, 3.05) is 23.7 Å². The summed E-state index contributed by atoms with van der Waals surface area (Å²) in [7, 11) is 0. The molecule has 0 atom stereocenters. The summed E-state index contributed by atoms with van der Waals surface area (Å²) < 4.78 is 1.82. The van der Waals surface area contributed by atoms with Gasteiger partial charge in [0.15, 0.2) is 0 Å². The first-order valence-corrected chi connectivity index (χ1v) is 9.65. The lowest BCUT2D eigenvalue weighted by Crippen LogP contribution is -2.25. The topological polar surface area (TPSA) is 88.8 Å². The fourth-order valence-electron chi connectivity index (χ4n) is 2.90. The molecule has 25 heavy (non-hydrogen) atoms. The first-order valence-electron chi connectivity index (χ1n) is 8.67. The van der Waals surface area contributed by atoms with Crippen molar-refractivity contribution < 1.29 is 4.79 Å². The lowest BCUT2D eigenvalue weighted by molar-refractivity contribution is -0.118. The monoisotopic (exact) mass is 359 g/mol. The van der Waals surface area contributed by atoms with Crippen molar-refractivity contribution >= 4 is 23.5 Å². The number of nitrogens with zero attached hydrogens (tertiary/aromatic N) is 6. The molecule has 2 aromatic heterocycles. The highest BCUT2D eigenvalue weighted by Gasteiger charge is 2.28.